The summed E-state index contributed by atoms with van der Waals surface area (Å²) in [7, 11) is 1.64. The second-order valence-electron chi connectivity index (χ2n) is 5.58. The van der Waals surface area contributed by atoms with Gasteiger partial charge in [-0.3, -0.25) is 4.79 Å². The highest BCUT2D eigenvalue weighted by atomic mass is 16.5. The maximum absolute atomic E-state index is 12.4. The number of rotatable bonds is 5. The predicted octanol–water partition coefficient (Wildman–Crippen LogP) is 1.87. The molecule has 0 saturated carbocycles. The van der Waals surface area contributed by atoms with Gasteiger partial charge in [-0.25, -0.2) is 9.48 Å². The molecule has 3 aromatic rings. The summed E-state index contributed by atoms with van der Waals surface area (Å²) in [4.78, 5) is 26.2. The minimum absolute atomic E-state index is 0.310. The van der Waals surface area contributed by atoms with E-state index in [1.807, 2.05) is 30.3 Å². The summed E-state index contributed by atoms with van der Waals surface area (Å²) >= 11 is 0. The largest absolute Gasteiger partial charge is 0.449 e. The van der Waals surface area contributed by atoms with Crippen molar-refractivity contribution >= 4 is 17.6 Å². The van der Waals surface area contributed by atoms with Crippen LogP contribution in [-0.4, -0.2) is 45.2 Å². The number of hydrogen-bond donors (Lipinski definition) is 0. The number of benzene rings is 2. The third-order valence-corrected chi connectivity index (χ3v) is 3.82. The molecular formula is C18H17N5O3. The van der Waals surface area contributed by atoms with Crippen LogP contribution < -0.4 is 4.90 Å². The van der Waals surface area contributed by atoms with Gasteiger partial charge in [0.2, 0.25) is 0 Å². The average molecular weight is 351 g/mol. The van der Waals surface area contributed by atoms with Gasteiger partial charge in [-0.1, -0.05) is 18.2 Å². The van der Waals surface area contributed by atoms with Crippen molar-refractivity contribution in [3.05, 3.63) is 66.5 Å². The summed E-state index contributed by atoms with van der Waals surface area (Å²) in [5.41, 5.74) is 1.77. The summed E-state index contributed by atoms with van der Waals surface area (Å²) in [6, 6.07) is 15.7. The lowest BCUT2D eigenvalue weighted by molar-refractivity contribution is -0.126. The Morgan fingerprint density at radius 2 is 1.77 bits per heavy atom. The molecule has 1 aromatic heterocycles. The number of tetrazole rings is 1. The third-order valence-electron chi connectivity index (χ3n) is 3.82. The number of aromatic nitrogens is 4. The molecular weight excluding hydrogens is 334 g/mol. The highest BCUT2D eigenvalue weighted by molar-refractivity contribution is 5.98. The molecule has 2 aromatic carbocycles. The Kier molecular flexibility index (Phi) is 5.02. The zero-order valence-electron chi connectivity index (χ0n) is 14.3. The van der Waals surface area contributed by atoms with Crippen molar-refractivity contribution < 1.29 is 14.3 Å². The number of esters is 1. The fourth-order valence-electron chi connectivity index (χ4n) is 2.36. The lowest BCUT2D eigenvalue weighted by Gasteiger charge is -2.21. The summed E-state index contributed by atoms with van der Waals surface area (Å²) in [5.74, 6) is -0.884. The van der Waals surface area contributed by atoms with E-state index >= 15 is 0 Å². The van der Waals surface area contributed by atoms with Crippen LogP contribution in [0.3, 0.4) is 0 Å². The van der Waals surface area contributed by atoms with Crippen LogP contribution in [0, 0.1) is 0 Å². The Morgan fingerprint density at radius 3 is 2.38 bits per heavy atom. The van der Waals surface area contributed by atoms with Crippen molar-refractivity contribution in [2.75, 3.05) is 11.9 Å². The van der Waals surface area contributed by atoms with E-state index in [9.17, 15) is 9.59 Å². The van der Waals surface area contributed by atoms with Crippen molar-refractivity contribution in [1.29, 1.82) is 0 Å². The fourth-order valence-corrected chi connectivity index (χ4v) is 2.36. The van der Waals surface area contributed by atoms with Gasteiger partial charge in [-0.05, 0) is 53.7 Å². The monoisotopic (exact) mass is 351 g/mol. The molecule has 0 saturated heterocycles. The minimum Gasteiger partial charge on any atom is -0.449 e. The van der Waals surface area contributed by atoms with Gasteiger partial charge in [-0.15, -0.1) is 5.10 Å². The second kappa shape index (κ2) is 7.56. The van der Waals surface area contributed by atoms with Crippen molar-refractivity contribution in [3.63, 3.8) is 0 Å². The first-order valence-corrected chi connectivity index (χ1v) is 7.93. The molecule has 8 heteroatoms. The molecule has 26 heavy (non-hydrogen) atoms. The number of hydrogen-bond acceptors (Lipinski definition) is 6. The number of para-hydroxylation sites is 1. The van der Waals surface area contributed by atoms with Gasteiger partial charge in [0, 0.05) is 12.7 Å². The van der Waals surface area contributed by atoms with Gasteiger partial charge in [0.15, 0.2) is 6.10 Å². The molecule has 0 aliphatic heterocycles. The molecule has 1 heterocycles. The molecule has 0 aliphatic carbocycles. The van der Waals surface area contributed by atoms with Gasteiger partial charge < -0.3 is 9.64 Å². The van der Waals surface area contributed by atoms with Gasteiger partial charge in [0.1, 0.15) is 6.33 Å². The van der Waals surface area contributed by atoms with E-state index in [-0.39, 0.29) is 5.91 Å². The van der Waals surface area contributed by atoms with Crippen LogP contribution in [-0.2, 0) is 9.53 Å². The van der Waals surface area contributed by atoms with E-state index in [1.54, 1.807) is 38.2 Å². The SMILES string of the molecule is C[C@@H](OC(=O)c1ccc(-n2cnnn2)cc1)C(=O)N(C)c1ccccc1. The van der Waals surface area contributed by atoms with E-state index in [4.69, 9.17) is 4.74 Å². The van der Waals surface area contributed by atoms with Crippen LogP contribution in [0.1, 0.15) is 17.3 Å². The highest BCUT2D eigenvalue weighted by Gasteiger charge is 2.23. The van der Waals surface area contributed by atoms with Crippen LogP contribution >= 0.6 is 0 Å². The van der Waals surface area contributed by atoms with Crippen molar-refractivity contribution in [1.82, 2.24) is 20.2 Å². The molecule has 0 bridgehead atoms. The second-order valence-corrected chi connectivity index (χ2v) is 5.58. The van der Waals surface area contributed by atoms with E-state index in [1.165, 1.54) is 15.9 Å². The summed E-state index contributed by atoms with van der Waals surface area (Å²) in [5, 5.41) is 10.9. The Bertz CT molecular complexity index is 879. The highest BCUT2D eigenvalue weighted by Crippen LogP contribution is 2.15. The molecule has 3 rings (SSSR count). The van der Waals surface area contributed by atoms with Gasteiger partial charge in [-0.2, -0.15) is 0 Å². The topological polar surface area (TPSA) is 90.2 Å². The molecule has 0 N–H and O–H groups in total. The van der Waals surface area contributed by atoms with E-state index in [0.717, 1.165) is 5.69 Å². The smallest absolute Gasteiger partial charge is 0.338 e. The maximum atomic E-state index is 12.4. The lowest BCUT2D eigenvalue weighted by Crippen LogP contribution is -2.37. The lowest BCUT2D eigenvalue weighted by atomic mass is 10.2. The maximum Gasteiger partial charge on any atom is 0.338 e. The first kappa shape index (κ1) is 17.3. The average Bonchev–Trinajstić information content (AvgIpc) is 3.22. The van der Waals surface area contributed by atoms with Gasteiger partial charge in [0.05, 0.1) is 11.3 Å². The molecule has 132 valence electrons. The Balaban J connectivity index is 1.64. The predicted molar refractivity (Wildman–Crippen MR) is 93.9 cm³/mol. The molecule has 0 fully saturated rings. The van der Waals surface area contributed by atoms with Crippen LogP contribution in [0.15, 0.2) is 60.9 Å². The quantitative estimate of drug-likeness (QED) is 0.652. The Morgan fingerprint density at radius 1 is 1.08 bits per heavy atom. The van der Waals surface area contributed by atoms with Crippen LogP contribution in [0.5, 0.6) is 0 Å². The van der Waals surface area contributed by atoms with E-state index < -0.39 is 12.1 Å². The van der Waals surface area contributed by atoms with Gasteiger partial charge >= 0.3 is 5.97 Å². The number of ether oxygens (including phenoxy) is 1. The number of carbonyl (C=O) groups excluding carboxylic acids is 2. The molecule has 0 unspecified atom stereocenters. The first-order chi connectivity index (χ1) is 12.6. The fraction of sp³-hybridized carbons (Fsp3) is 0.167. The number of anilines is 1. The summed E-state index contributed by atoms with van der Waals surface area (Å²) < 4.78 is 6.76. The zero-order chi connectivity index (χ0) is 18.5. The Hall–Kier alpha value is -3.55. The minimum atomic E-state index is -0.910. The molecule has 8 nitrogen and oxygen atoms in total. The molecule has 0 aliphatic rings. The third kappa shape index (κ3) is 3.75. The summed E-state index contributed by atoms with van der Waals surface area (Å²) in [6.07, 6.45) is 0.542. The van der Waals surface area contributed by atoms with E-state index in [0.29, 0.717) is 11.3 Å². The number of nitrogens with zero attached hydrogens (tertiary/aromatic N) is 5. The Labute approximate surface area is 150 Å². The molecule has 0 spiro atoms. The molecule has 1 amide bonds. The summed E-state index contributed by atoms with van der Waals surface area (Å²) in [6.45, 7) is 1.55. The normalized spacial score (nSPS) is 11.6. The zero-order valence-corrected chi connectivity index (χ0v) is 14.3. The number of carbonyl (C=O) groups is 2. The number of likely N-dealkylation sites (N-methyl/N-ethyl adjacent to an activating group) is 1. The number of amides is 1. The van der Waals surface area contributed by atoms with E-state index in [2.05, 4.69) is 15.5 Å². The molecule has 0 radical (unpaired) electrons. The van der Waals surface area contributed by atoms with Gasteiger partial charge in [0.25, 0.3) is 5.91 Å². The standard InChI is InChI=1S/C18H17N5O3/c1-13(17(24)22(2)15-6-4-3-5-7-15)26-18(25)14-8-10-16(11-9-14)23-12-19-20-21-23/h3-13H,1-2H3/t13-/m1/s1. The molecule has 1 atom stereocenters. The van der Waals surface area contributed by atoms with Crippen LogP contribution in [0.25, 0.3) is 5.69 Å². The first-order valence-electron chi connectivity index (χ1n) is 7.93. The van der Waals surface area contributed by atoms with Crippen LogP contribution in [0.4, 0.5) is 5.69 Å². The van der Waals surface area contributed by atoms with Crippen LogP contribution in [0.2, 0.25) is 0 Å². The van der Waals surface area contributed by atoms with Crippen molar-refractivity contribution in [2.24, 2.45) is 0 Å². The van der Waals surface area contributed by atoms with Crippen molar-refractivity contribution in [3.8, 4) is 5.69 Å². The van der Waals surface area contributed by atoms with Crippen molar-refractivity contribution in [2.45, 2.75) is 13.0 Å².